The predicted molar refractivity (Wildman–Crippen MR) is 68.6 cm³/mol. The molecule has 0 spiro atoms. The maximum absolute atomic E-state index is 12.1. The van der Waals surface area contributed by atoms with Crippen LogP contribution >= 0.6 is 0 Å². The zero-order valence-electron chi connectivity index (χ0n) is 11.4. The molecule has 18 heavy (non-hydrogen) atoms. The summed E-state index contributed by atoms with van der Waals surface area (Å²) in [6.07, 6.45) is 5.12. The Morgan fingerprint density at radius 2 is 1.78 bits per heavy atom. The van der Waals surface area contributed by atoms with Gasteiger partial charge in [0.15, 0.2) is 0 Å². The SMILES string of the molecule is CNC(CCCC(F)(F)F)CCC1CCCCC1. The van der Waals surface area contributed by atoms with E-state index in [1.54, 1.807) is 0 Å². The first-order valence-electron chi connectivity index (χ1n) is 7.25. The Balaban J connectivity index is 2.12. The molecule has 0 heterocycles. The van der Waals surface area contributed by atoms with Crippen molar-refractivity contribution in [1.29, 1.82) is 0 Å². The van der Waals surface area contributed by atoms with Crippen LogP contribution in [0.25, 0.3) is 0 Å². The second-order valence-electron chi connectivity index (χ2n) is 5.57. The molecule has 1 nitrogen and oxygen atoms in total. The average molecular weight is 265 g/mol. The highest BCUT2D eigenvalue weighted by molar-refractivity contribution is 4.71. The van der Waals surface area contributed by atoms with Gasteiger partial charge < -0.3 is 5.32 Å². The van der Waals surface area contributed by atoms with Gasteiger partial charge in [0.05, 0.1) is 0 Å². The first kappa shape index (κ1) is 15.8. The van der Waals surface area contributed by atoms with Gasteiger partial charge in [0.2, 0.25) is 0 Å². The number of hydrogen-bond acceptors (Lipinski definition) is 1. The van der Waals surface area contributed by atoms with Gasteiger partial charge in [-0.25, -0.2) is 0 Å². The minimum Gasteiger partial charge on any atom is -0.317 e. The van der Waals surface area contributed by atoms with Crippen molar-refractivity contribution in [3.05, 3.63) is 0 Å². The molecule has 0 bridgehead atoms. The molecule has 1 saturated carbocycles. The third-order valence-corrected chi connectivity index (χ3v) is 4.07. The minimum atomic E-state index is -4.00. The van der Waals surface area contributed by atoms with E-state index < -0.39 is 12.6 Å². The lowest BCUT2D eigenvalue weighted by molar-refractivity contribution is -0.135. The van der Waals surface area contributed by atoms with Crippen LogP contribution in [0.2, 0.25) is 0 Å². The summed E-state index contributed by atoms with van der Waals surface area (Å²) in [5.41, 5.74) is 0. The van der Waals surface area contributed by atoms with Crippen LogP contribution in [0.15, 0.2) is 0 Å². The van der Waals surface area contributed by atoms with Crippen molar-refractivity contribution >= 4 is 0 Å². The van der Waals surface area contributed by atoms with Crippen LogP contribution < -0.4 is 5.32 Å². The predicted octanol–water partition coefficient (Wildman–Crippen LogP) is 4.67. The molecule has 1 aliphatic rings. The van der Waals surface area contributed by atoms with E-state index in [4.69, 9.17) is 0 Å². The van der Waals surface area contributed by atoms with Gasteiger partial charge in [0.25, 0.3) is 0 Å². The zero-order chi connectivity index (χ0) is 13.4. The van der Waals surface area contributed by atoms with E-state index in [1.807, 2.05) is 7.05 Å². The maximum Gasteiger partial charge on any atom is 0.389 e. The Morgan fingerprint density at radius 3 is 2.33 bits per heavy atom. The second-order valence-corrected chi connectivity index (χ2v) is 5.57. The van der Waals surface area contributed by atoms with Crippen LogP contribution in [0.3, 0.4) is 0 Å². The molecule has 4 heteroatoms. The fourth-order valence-corrected chi connectivity index (χ4v) is 2.89. The van der Waals surface area contributed by atoms with E-state index in [-0.39, 0.29) is 12.5 Å². The Labute approximate surface area is 109 Å². The molecule has 0 aromatic carbocycles. The number of alkyl halides is 3. The lowest BCUT2D eigenvalue weighted by Crippen LogP contribution is -2.26. The summed E-state index contributed by atoms with van der Waals surface area (Å²) in [5.74, 6) is 0.817. The van der Waals surface area contributed by atoms with Crippen molar-refractivity contribution in [1.82, 2.24) is 5.32 Å². The van der Waals surface area contributed by atoms with Crippen molar-refractivity contribution < 1.29 is 13.2 Å². The number of rotatable bonds is 7. The van der Waals surface area contributed by atoms with E-state index >= 15 is 0 Å². The van der Waals surface area contributed by atoms with E-state index in [2.05, 4.69) is 5.32 Å². The van der Waals surface area contributed by atoms with Gasteiger partial charge in [-0.05, 0) is 38.6 Å². The first-order valence-corrected chi connectivity index (χ1v) is 7.25. The maximum atomic E-state index is 12.1. The van der Waals surface area contributed by atoms with Crippen molar-refractivity contribution in [2.75, 3.05) is 7.05 Å². The third-order valence-electron chi connectivity index (χ3n) is 4.07. The number of hydrogen-bond donors (Lipinski definition) is 1. The third kappa shape index (κ3) is 7.24. The highest BCUT2D eigenvalue weighted by Crippen LogP contribution is 2.28. The quantitative estimate of drug-likeness (QED) is 0.705. The summed E-state index contributed by atoms with van der Waals surface area (Å²) in [5, 5.41) is 3.16. The molecule has 0 aromatic heterocycles. The van der Waals surface area contributed by atoms with E-state index in [9.17, 15) is 13.2 Å². The number of halogens is 3. The standard InChI is InChI=1S/C14H26F3N/c1-18-13(8-5-11-14(15,16)17)10-9-12-6-3-2-4-7-12/h12-13,18H,2-11H2,1H3. The molecule has 0 radical (unpaired) electrons. The molecule has 108 valence electrons. The molecular formula is C14H26F3N. The van der Waals surface area contributed by atoms with Crippen molar-refractivity contribution in [3.63, 3.8) is 0 Å². The summed E-state index contributed by atoms with van der Waals surface area (Å²) >= 11 is 0. The molecule has 0 amide bonds. The van der Waals surface area contributed by atoms with Gasteiger partial charge >= 0.3 is 6.18 Å². The van der Waals surface area contributed by atoms with Crippen molar-refractivity contribution in [2.45, 2.75) is 76.4 Å². The van der Waals surface area contributed by atoms with Gasteiger partial charge in [-0.15, -0.1) is 0 Å². The smallest absolute Gasteiger partial charge is 0.317 e. The highest BCUT2D eigenvalue weighted by Gasteiger charge is 2.26. The summed E-state index contributed by atoms with van der Waals surface area (Å²) in [4.78, 5) is 0. The van der Waals surface area contributed by atoms with Gasteiger partial charge in [-0.2, -0.15) is 13.2 Å². The lowest BCUT2D eigenvalue weighted by Gasteiger charge is -2.24. The fraction of sp³-hybridized carbons (Fsp3) is 1.00. The molecule has 1 unspecified atom stereocenters. The molecule has 0 saturated heterocycles. The Morgan fingerprint density at radius 1 is 1.11 bits per heavy atom. The first-order chi connectivity index (χ1) is 8.51. The zero-order valence-corrected chi connectivity index (χ0v) is 11.4. The molecule has 0 aromatic rings. The van der Waals surface area contributed by atoms with Crippen LogP contribution in [-0.2, 0) is 0 Å². The molecule has 1 rings (SSSR count). The summed E-state index contributed by atoms with van der Waals surface area (Å²) in [6.45, 7) is 0. The average Bonchev–Trinajstić information content (AvgIpc) is 2.33. The van der Waals surface area contributed by atoms with Crippen LogP contribution in [-0.4, -0.2) is 19.3 Å². The summed E-state index contributed by atoms with van der Waals surface area (Å²) in [7, 11) is 1.86. The van der Waals surface area contributed by atoms with Crippen LogP contribution in [0.5, 0.6) is 0 Å². The Bertz CT molecular complexity index is 210. The highest BCUT2D eigenvalue weighted by atomic mass is 19.4. The van der Waals surface area contributed by atoms with E-state index in [1.165, 1.54) is 38.5 Å². The molecular weight excluding hydrogens is 239 g/mol. The fourth-order valence-electron chi connectivity index (χ4n) is 2.89. The Kier molecular flexibility index (Phi) is 7.05. The lowest BCUT2D eigenvalue weighted by atomic mass is 9.85. The monoisotopic (exact) mass is 265 g/mol. The van der Waals surface area contributed by atoms with Crippen molar-refractivity contribution in [3.8, 4) is 0 Å². The molecule has 1 aliphatic carbocycles. The normalized spacial score (nSPS) is 20.0. The van der Waals surface area contributed by atoms with Gasteiger partial charge in [-0.1, -0.05) is 32.1 Å². The molecule has 1 fully saturated rings. The summed E-state index contributed by atoms with van der Waals surface area (Å²) < 4.78 is 36.2. The van der Waals surface area contributed by atoms with Gasteiger partial charge in [-0.3, -0.25) is 0 Å². The van der Waals surface area contributed by atoms with Crippen LogP contribution in [0.1, 0.15) is 64.2 Å². The van der Waals surface area contributed by atoms with Gasteiger partial charge in [0, 0.05) is 12.5 Å². The molecule has 1 atom stereocenters. The second kappa shape index (κ2) is 8.03. The van der Waals surface area contributed by atoms with Crippen LogP contribution in [0, 0.1) is 5.92 Å². The largest absolute Gasteiger partial charge is 0.389 e. The van der Waals surface area contributed by atoms with Crippen molar-refractivity contribution in [2.24, 2.45) is 5.92 Å². The van der Waals surface area contributed by atoms with Crippen LogP contribution in [0.4, 0.5) is 13.2 Å². The summed E-state index contributed by atoms with van der Waals surface area (Å²) in [6, 6.07) is 0.259. The minimum absolute atomic E-state index is 0.250. The molecule has 1 N–H and O–H groups in total. The Hall–Kier alpha value is -0.250. The van der Waals surface area contributed by atoms with Gasteiger partial charge in [0.1, 0.15) is 0 Å². The topological polar surface area (TPSA) is 12.0 Å². The van der Waals surface area contributed by atoms with E-state index in [0.717, 1.165) is 12.3 Å². The van der Waals surface area contributed by atoms with E-state index in [0.29, 0.717) is 6.42 Å². The number of nitrogens with one attached hydrogen (secondary N) is 1. The molecule has 0 aliphatic heterocycles.